The van der Waals surface area contributed by atoms with Gasteiger partial charge in [0.2, 0.25) is 0 Å². The molecule has 0 bridgehead atoms. The average molecular weight is 265 g/mol. The van der Waals surface area contributed by atoms with Crippen LogP contribution >= 0.6 is 25.6 Å². The molecule has 0 aliphatic heterocycles. The van der Waals surface area contributed by atoms with Gasteiger partial charge in [0.1, 0.15) is 0 Å². The maximum atomic E-state index is 9.47. The van der Waals surface area contributed by atoms with E-state index in [0.29, 0.717) is 3.71 Å². The van der Waals surface area contributed by atoms with Crippen molar-refractivity contribution in [3.8, 4) is 0 Å². The molecule has 7 heavy (non-hydrogen) atoms. The summed E-state index contributed by atoms with van der Waals surface area (Å²) in [5, 5.41) is 7.76. The van der Waals surface area contributed by atoms with E-state index in [9.17, 15) is 4.79 Å². The maximum absolute atomic E-state index is 9.47. The summed E-state index contributed by atoms with van der Waals surface area (Å²) in [4.78, 5) is 9.47. The van der Waals surface area contributed by atoms with Gasteiger partial charge in [0, 0.05) is 41.7 Å². The van der Waals surface area contributed by atoms with Crippen molar-refractivity contribution in [2.75, 3.05) is 0 Å². The average Bonchev–Trinajstić information content (AvgIpc) is 1.36. The number of nitrogens with zero attached hydrogens (tertiary/aromatic N) is 1. The fourth-order valence-corrected chi connectivity index (χ4v) is 0. The first-order chi connectivity index (χ1) is 2.64. The van der Waals surface area contributed by atoms with Crippen LogP contribution in [0.5, 0.6) is 0 Å². The Morgan fingerprint density at radius 2 is 1.71 bits per heavy atom. The van der Waals surface area contributed by atoms with E-state index in [1.54, 1.807) is 0 Å². The quantitative estimate of drug-likeness (QED) is 0.563. The van der Waals surface area contributed by atoms with Crippen molar-refractivity contribution in [3.63, 3.8) is 0 Å². The summed E-state index contributed by atoms with van der Waals surface area (Å²) in [6.45, 7) is 0. The molecular weight excluding hydrogens is 262 g/mol. The minimum Gasteiger partial charge on any atom is -0.464 e. The number of rotatable bonds is 0. The Hall–Kier alpha value is 1.35. The SMILES string of the molecule is O=C(O)N(S)S.[Ce]. The molecule has 0 radical (unpaired) electrons. The van der Waals surface area contributed by atoms with Gasteiger partial charge >= 0.3 is 6.09 Å². The van der Waals surface area contributed by atoms with Crippen LogP contribution in [0.2, 0.25) is 0 Å². The molecule has 0 heterocycles. The molecule has 0 aromatic heterocycles. The van der Waals surface area contributed by atoms with Crippen molar-refractivity contribution < 1.29 is 51.6 Å². The predicted octanol–water partition coefficient (Wildman–Crippen LogP) is 0.656. The molecule has 0 saturated carbocycles. The zero-order valence-electron chi connectivity index (χ0n) is 3.20. The molecule has 0 spiro atoms. The zero-order chi connectivity index (χ0) is 5.15. The van der Waals surface area contributed by atoms with Gasteiger partial charge < -0.3 is 5.11 Å². The van der Waals surface area contributed by atoms with Gasteiger partial charge in [-0.25, -0.2) is 4.79 Å². The van der Waals surface area contributed by atoms with E-state index in [-0.39, 0.29) is 41.7 Å². The second-order valence-corrected chi connectivity index (χ2v) is 1.69. The number of carboxylic acid groups (broad SMARTS) is 1. The fourth-order valence-electron chi connectivity index (χ4n) is 0. The van der Waals surface area contributed by atoms with Crippen molar-refractivity contribution in [1.82, 2.24) is 3.71 Å². The van der Waals surface area contributed by atoms with E-state index in [0.717, 1.165) is 0 Å². The molecule has 40 valence electrons. The molecule has 1 amide bonds. The predicted molar refractivity (Wildman–Crippen MR) is 27.8 cm³/mol. The molecule has 0 atom stereocenters. The molecule has 3 nitrogen and oxygen atoms in total. The first kappa shape index (κ1) is 11.2. The van der Waals surface area contributed by atoms with Crippen LogP contribution in [0.4, 0.5) is 4.79 Å². The summed E-state index contributed by atoms with van der Waals surface area (Å²) in [7, 11) is 0. The third kappa shape index (κ3) is 7.35. The number of carbonyl (C=O) groups is 1. The van der Waals surface area contributed by atoms with Gasteiger partial charge in [0.05, 0.1) is 0 Å². The van der Waals surface area contributed by atoms with E-state index < -0.39 is 6.09 Å². The minimum atomic E-state index is -1.18. The molecule has 0 aliphatic carbocycles. The normalized spacial score (nSPS) is 6.57. The van der Waals surface area contributed by atoms with Gasteiger partial charge in [0.25, 0.3) is 0 Å². The Labute approximate surface area is 85.9 Å². The fraction of sp³-hybridized carbons (Fsp3) is 0. The van der Waals surface area contributed by atoms with Gasteiger partial charge in [-0.05, 0) is 25.6 Å². The summed E-state index contributed by atoms with van der Waals surface area (Å²) in [5.41, 5.74) is 0. The second-order valence-electron chi connectivity index (χ2n) is 0.572. The maximum Gasteiger partial charge on any atom is 0.427 e. The van der Waals surface area contributed by atoms with Gasteiger partial charge in [0.15, 0.2) is 0 Å². The third-order valence-electron chi connectivity index (χ3n) is 0.171. The van der Waals surface area contributed by atoms with E-state index in [2.05, 4.69) is 25.6 Å². The zero-order valence-corrected chi connectivity index (χ0v) is 8.13. The Morgan fingerprint density at radius 3 is 1.71 bits per heavy atom. The van der Waals surface area contributed by atoms with Crippen molar-refractivity contribution in [2.24, 2.45) is 0 Å². The smallest absolute Gasteiger partial charge is 0.427 e. The van der Waals surface area contributed by atoms with E-state index in [1.807, 2.05) is 0 Å². The summed E-state index contributed by atoms with van der Waals surface area (Å²) < 4.78 is 0.472. The molecule has 0 unspecified atom stereocenters. The van der Waals surface area contributed by atoms with Crippen LogP contribution < -0.4 is 0 Å². The number of thiol groups is 2. The van der Waals surface area contributed by atoms with Crippen LogP contribution in [0.1, 0.15) is 0 Å². The second kappa shape index (κ2) is 5.48. The molecule has 1 N–H and O–H groups in total. The summed E-state index contributed by atoms with van der Waals surface area (Å²) >= 11 is 6.58. The van der Waals surface area contributed by atoms with Gasteiger partial charge in [-0.2, -0.15) is 3.71 Å². The monoisotopic (exact) mass is 265 g/mol. The summed E-state index contributed by atoms with van der Waals surface area (Å²) in [6, 6.07) is 0. The summed E-state index contributed by atoms with van der Waals surface area (Å²) in [6.07, 6.45) is -1.18. The topological polar surface area (TPSA) is 40.5 Å². The van der Waals surface area contributed by atoms with Crippen LogP contribution in [0.25, 0.3) is 0 Å². The largest absolute Gasteiger partial charge is 0.464 e. The van der Waals surface area contributed by atoms with Gasteiger partial charge in [-0.3, -0.25) is 0 Å². The Kier molecular flexibility index (Phi) is 8.76. The molecule has 0 aliphatic rings. The Morgan fingerprint density at radius 1 is 1.57 bits per heavy atom. The van der Waals surface area contributed by atoms with Crippen molar-refractivity contribution in [1.29, 1.82) is 0 Å². The third-order valence-corrected chi connectivity index (χ3v) is 0.513. The minimum absolute atomic E-state index is 0. The van der Waals surface area contributed by atoms with E-state index >= 15 is 0 Å². The molecule has 0 aromatic rings. The van der Waals surface area contributed by atoms with Crippen molar-refractivity contribution >= 4 is 31.7 Å². The Balaban J connectivity index is 0. The van der Waals surface area contributed by atoms with Crippen molar-refractivity contribution in [2.45, 2.75) is 0 Å². The molecule has 6 heteroatoms. The van der Waals surface area contributed by atoms with Crippen LogP contribution in [0, 0.1) is 41.7 Å². The first-order valence-corrected chi connectivity index (χ1v) is 1.85. The Bertz CT molecular complexity index is 66.7. The van der Waals surface area contributed by atoms with Gasteiger partial charge in [-0.15, -0.1) is 0 Å². The molecule has 0 aromatic carbocycles. The molecule has 0 saturated heterocycles. The molecule has 0 rings (SSSR count). The standard InChI is InChI=1S/CH3NO2S2.Ce/c3-1(4)2(5)6;/h5-6H,(H,3,4);. The first-order valence-electron chi connectivity index (χ1n) is 1.05. The van der Waals surface area contributed by atoms with Crippen LogP contribution in [-0.4, -0.2) is 14.9 Å². The molecular formula is CH3CeNO2S2. The van der Waals surface area contributed by atoms with Gasteiger partial charge in [-0.1, -0.05) is 0 Å². The van der Waals surface area contributed by atoms with Crippen LogP contribution in [0.3, 0.4) is 0 Å². The number of hydrogen-bond donors (Lipinski definition) is 3. The van der Waals surface area contributed by atoms with E-state index in [1.165, 1.54) is 0 Å². The van der Waals surface area contributed by atoms with Crippen LogP contribution in [0.15, 0.2) is 0 Å². The van der Waals surface area contributed by atoms with Crippen LogP contribution in [-0.2, 0) is 0 Å². The van der Waals surface area contributed by atoms with Crippen molar-refractivity contribution in [3.05, 3.63) is 0 Å². The number of amides is 1. The molecule has 0 fully saturated rings. The van der Waals surface area contributed by atoms with E-state index in [4.69, 9.17) is 5.11 Å². The number of hydrogen-bond acceptors (Lipinski definition) is 3. The summed E-state index contributed by atoms with van der Waals surface area (Å²) in [5.74, 6) is 0.